The summed E-state index contributed by atoms with van der Waals surface area (Å²) in [6.45, 7) is 16.9. The van der Waals surface area contributed by atoms with Gasteiger partial charge in [-0.25, -0.2) is 0 Å². The maximum Gasteiger partial charge on any atom is 0.255 e. The molecule has 8 rings (SSSR count). The Morgan fingerprint density at radius 1 is 0.928 bits per heavy atom. The van der Waals surface area contributed by atoms with Crippen molar-refractivity contribution < 1.29 is 29.0 Å². The molecule has 13 nitrogen and oxygen atoms in total. The van der Waals surface area contributed by atoms with Crippen LogP contribution in [0, 0.1) is 28.1 Å². The van der Waals surface area contributed by atoms with Gasteiger partial charge >= 0.3 is 0 Å². The number of carbonyl (C=O) groups is 4. The van der Waals surface area contributed by atoms with Crippen molar-refractivity contribution in [2.75, 3.05) is 44.2 Å². The molecule has 0 spiro atoms. The number of nitriles is 1. The highest BCUT2D eigenvalue weighted by Crippen LogP contribution is 2.55. The number of halogens is 2. The zero-order valence-electron chi connectivity index (χ0n) is 40.3. The van der Waals surface area contributed by atoms with E-state index in [9.17, 15) is 29.5 Å². The van der Waals surface area contributed by atoms with Gasteiger partial charge in [-0.05, 0) is 84.5 Å². The van der Waals surface area contributed by atoms with Gasteiger partial charge in [-0.1, -0.05) is 101 Å². The Labute approximate surface area is 415 Å². The number of β-amino-alcohol motifs (C(OH)–C–C–N with tert-alkyl or cyclic N) is 1. The average molecular weight is 977 g/mol. The molecule has 4 aliphatic rings. The second-order valence-corrected chi connectivity index (χ2v) is 21.4. The van der Waals surface area contributed by atoms with Crippen molar-refractivity contribution in [3.05, 3.63) is 128 Å². The quantitative estimate of drug-likeness (QED) is 0.110. The minimum atomic E-state index is -0.873. The summed E-state index contributed by atoms with van der Waals surface area (Å²) in [5, 5.41) is 27.3. The van der Waals surface area contributed by atoms with Crippen LogP contribution in [0.1, 0.15) is 97.4 Å². The van der Waals surface area contributed by atoms with Crippen LogP contribution in [0.25, 0.3) is 0 Å². The smallest absolute Gasteiger partial charge is 0.255 e. The highest BCUT2D eigenvalue weighted by molar-refractivity contribution is 6.32. The first kappa shape index (κ1) is 49.8. The largest absolute Gasteiger partial charge is 0.489 e. The highest BCUT2D eigenvalue weighted by atomic mass is 35.5. The number of aliphatic hydroxyl groups is 1. The van der Waals surface area contributed by atoms with Crippen LogP contribution < -0.4 is 20.3 Å². The molecule has 1 aliphatic carbocycles. The van der Waals surface area contributed by atoms with Gasteiger partial charge in [0.2, 0.25) is 11.8 Å². The Bertz CT molecular complexity index is 2610. The molecule has 4 aromatic carbocycles. The zero-order chi connectivity index (χ0) is 49.4. The minimum Gasteiger partial charge on any atom is -0.489 e. The molecule has 3 fully saturated rings. The number of likely N-dealkylation sites (tertiary alicyclic amines) is 1. The van der Waals surface area contributed by atoms with Crippen LogP contribution in [0.4, 0.5) is 5.69 Å². The van der Waals surface area contributed by atoms with Crippen molar-refractivity contribution in [1.82, 2.24) is 25.3 Å². The van der Waals surface area contributed by atoms with Gasteiger partial charge in [0, 0.05) is 97.0 Å². The summed E-state index contributed by atoms with van der Waals surface area (Å²) in [5.74, 6) is -0.628. The van der Waals surface area contributed by atoms with Crippen molar-refractivity contribution in [3.63, 3.8) is 0 Å². The number of nitrogens with one attached hydrogen (secondary N) is 2. The number of benzene rings is 4. The summed E-state index contributed by atoms with van der Waals surface area (Å²) in [6, 6.07) is 26.3. The van der Waals surface area contributed by atoms with E-state index in [1.165, 1.54) is 10.5 Å². The maximum absolute atomic E-state index is 14.2. The molecule has 0 unspecified atom stereocenters. The standard InChI is InChI=1S/C54H63Cl2N7O6/c1-33(2)46(63-31-38-11-7-8-12-42(38)49(63)67)50(68)62-32-40(64)27-45(62)48(66)58-30-37-17-19-39(55)26-44(37)61-24-22-60(23-25-61)21-9-10-34-13-15-35(16-14-34)47(65)59-51-53(3,4)52(54(51,5)6)69-41-20-18-36(29-57)43(56)28-41/h7-8,11-20,26,28,33,40,45-46,51-52,64H,9-10,21-25,27,30-32H2,1-6H3,(H,58,66)(H,59,65)/t40-,45+,46+,51-,52-/m1/s1. The lowest BCUT2D eigenvalue weighted by Crippen LogP contribution is -2.74. The zero-order valence-corrected chi connectivity index (χ0v) is 41.8. The predicted molar refractivity (Wildman–Crippen MR) is 267 cm³/mol. The number of nitrogens with zero attached hydrogens (tertiary/aromatic N) is 5. The molecule has 0 radical (unpaired) electrons. The molecular weight excluding hydrogens is 914 g/mol. The normalized spacial score (nSPS) is 22.2. The van der Waals surface area contributed by atoms with E-state index in [4.69, 9.17) is 27.9 Å². The number of hydrogen-bond acceptors (Lipinski definition) is 9. The Kier molecular flexibility index (Phi) is 14.7. The molecule has 15 heteroatoms. The molecule has 3 heterocycles. The third kappa shape index (κ3) is 10.3. The molecule has 1 saturated carbocycles. The molecule has 2 saturated heterocycles. The summed E-state index contributed by atoms with van der Waals surface area (Å²) in [6.07, 6.45) is 0.912. The van der Waals surface area contributed by atoms with Crippen molar-refractivity contribution in [2.45, 2.75) is 104 Å². The van der Waals surface area contributed by atoms with E-state index in [1.54, 1.807) is 29.2 Å². The Morgan fingerprint density at radius 3 is 2.30 bits per heavy atom. The number of fused-ring (bicyclic) bond motifs is 1. The molecule has 69 heavy (non-hydrogen) atoms. The van der Waals surface area contributed by atoms with Crippen LogP contribution in [-0.4, -0.2) is 113 Å². The summed E-state index contributed by atoms with van der Waals surface area (Å²) in [4.78, 5) is 62.9. The lowest BCUT2D eigenvalue weighted by atomic mass is 9.49. The average Bonchev–Trinajstić information content (AvgIpc) is 3.88. The fourth-order valence-electron chi connectivity index (χ4n) is 11.4. The fourth-order valence-corrected chi connectivity index (χ4v) is 11.8. The molecule has 3 N–H and O–H groups in total. The minimum absolute atomic E-state index is 0.0216. The Morgan fingerprint density at radius 2 is 1.64 bits per heavy atom. The lowest BCUT2D eigenvalue weighted by molar-refractivity contribution is -0.164. The van der Waals surface area contributed by atoms with E-state index in [0.29, 0.717) is 39.0 Å². The number of amides is 4. The van der Waals surface area contributed by atoms with Gasteiger partial charge in [-0.2, -0.15) is 5.26 Å². The third-order valence-corrected chi connectivity index (χ3v) is 15.3. The van der Waals surface area contributed by atoms with Crippen LogP contribution in [0.15, 0.2) is 84.9 Å². The lowest BCUT2D eigenvalue weighted by Gasteiger charge is -2.63. The first-order chi connectivity index (χ1) is 32.9. The van der Waals surface area contributed by atoms with E-state index in [1.807, 2.05) is 74.5 Å². The number of aryl methyl sites for hydroxylation is 1. The molecule has 4 aromatic rings. The fraction of sp³-hybridized carbons (Fsp3) is 0.463. The first-order valence-electron chi connectivity index (χ1n) is 24.0. The molecule has 364 valence electrons. The Hall–Kier alpha value is -5.65. The van der Waals surface area contributed by atoms with Gasteiger partial charge in [0.1, 0.15) is 30.0 Å². The van der Waals surface area contributed by atoms with Gasteiger partial charge in [0.15, 0.2) is 0 Å². The second kappa shape index (κ2) is 20.4. The predicted octanol–water partition coefficient (Wildman–Crippen LogP) is 7.49. The molecule has 3 atom stereocenters. The van der Waals surface area contributed by atoms with Gasteiger partial charge < -0.3 is 35.2 Å². The van der Waals surface area contributed by atoms with Gasteiger partial charge in [0.05, 0.1) is 16.7 Å². The van der Waals surface area contributed by atoms with Crippen LogP contribution in [0.2, 0.25) is 10.0 Å². The van der Waals surface area contributed by atoms with E-state index in [0.717, 1.165) is 62.4 Å². The van der Waals surface area contributed by atoms with Crippen LogP contribution >= 0.6 is 23.2 Å². The second-order valence-electron chi connectivity index (χ2n) is 20.6. The van der Waals surface area contributed by atoms with Crippen LogP contribution in [0.5, 0.6) is 5.75 Å². The van der Waals surface area contributed by atoms with Crippen LogP contribution in [-0.2, 0) is 29.1 Å². The molecule has 4 amide bonds. The summed E-state index contributed by atoms with van der Waals surface area (Å²) in [7, 11) is 0. The van der Waals surface area contributed by atoms with E-state index < -0.39 is 18.2 Å². The Balaban J connectivity index is 0.799. The van der Waals surface area contributed by atoms with Crippen molar-refractivity contribution in [3.8, 4) is 11.8 Å². The van der Waals surface area contributed by atoms with Gasteiger partial charge in [-0.15, -0.1) is 0 Å². The first-order valence-corrected chi connectivity index (χ1v) is 24.8. The SMILES string of the molecule is CC(C)[C@@H](C(=O)N1C[C@H](O)C[C@H]1C(=O)NCc1ccc(Cl)cc1N1CCN(CCCc2ccc(C(=O)N[C@H]3C(C)(C)[C@H](Oc4ccc(C#N)c(Cl)c4)C3(C)C)cc2)CC1)N1Cc2ccccc2C1=O. The maximum atomic E-state index is 14.2. The van der Waals surface area contributed by atoms with Crippen molar-refractivity contribution >= 4 is 52.5 Å². The van der Waals surface area contributed by atoms with Crippen LogP contribution in [0.3, 0.4) is 0 Å². The van der Waals surface area contributed by atoms with Gasteiger partial charge in [-0.3, -0.25) is 24.1 Å². The third-order valence-electron chi connectivity index (χ3n) is 14.7. The van der Waals surface area contributed by atoms with E-state index >= 15 is 0 Å². The molecular formula is C54H63Cl2N7O6. The van der Waals surface area contributed by atoms with E-state index in [-0.39, 0.29) is 72.0 Å². The number of ether oxygens (including phenoxy) is 1. The highest BCUT2D eigenvalue weighted by Gasteiger charge is 2.64. The number of hydrogen-bond donors (Lipinski definition) is 3. The number of rotatable bonds is 15. The molecule has 0 bridgehead atoms. The number of carbonyl (C=O) groups excluding carboxylic acids is 4. The summed E-state index contributed by atoms with van der Waals surface area (Å²) in [5.41, 5.74) is 4.75. The molecule has 3 aliphatic heterocycles. The topological polar surface area (TPSA) is 159 Å². The van der Waals surface area contributed by atoms with Gasteiger partial charge in [0.25, 0.3) is 11.8 Å². The monoisotopic (exact) mass is 975 g/mol. The number of piperazine rings is 1. The molecule has 0 aromatic heterocycles. The van der Waals surface area contributed by atoms with Crippen molar-refractivity contribution in [1.29, 1.82) is 5.26 Å². The summed E-state index contributed by atoms with van der Waals surface area (Å²) >= 11 is 12.8. The number of anilines is 1. The number of aliphatic hydroxyl groups excluding tert-OH is 1. The van der Waals surface area contributed by atoms with E-state index in [2.05, 4.69) is 54.2 Å². The summed E-state index contributed by atoms with van der Waals surface area (Å²) < 4.78 is 6.39. The van der Waals surface area contributed by atoms with Crippen molar-refractivity contribution in [2.24, 2.45) is 16.7 Å².